The van der Waals surface area contributed by atoms with E-state index in [1.54, 1.807) is 6.92 Å². The van der Waals surface area contributed by atoms with Crippen LogP contribution in [0.2, 0.25) is 5.15 Å². The van der Waals surface area contributed by atoms with Crippen molar-refractivity contribution < 1.29 is 8.42 Å². The largest absolute Gasteiger partial charge is 0.236 e. The summed E-state index contributed by atoms with van der Waals surface area (Å²) in [4.78, 5) is 8.27. The summed E-state index contributed by atoms with van der Waals surface area (Å²) in [6, 6.07) is 0. The quantitative estimate of drug-likeness (QED) is 0.783. The van der Waals surface area contributed by atoms with Crippen LogP contribution in [0.4, 0.5) is 0 Å². The second kappa shape index (κ2) is 4.67. The molecule has 1 atom stereocenters. The van der Waals surface area contributed by atoms with Gasteiger partial charge < -0.3 is 0 Å². The van der Waals surface area contributed by atoms with Gasteiger partial charge in [0.15, 0.2) is 9.84 Å². The summed E-state index contributed by atoms with van der Waals surface area (Å²) >= 11 is 5.95. The number of sulfone groups is 1. The average Bonchev–Trinajstić information content (AvgIpc) is 2.19. The molecular formula is C10H15ClN2O2S. The van der Waals surface area contributed by atoms with E-state index >= 15 is 0 Å². The maximum absolute atomic E-state index is 11.4. The van der Waals surface area contributed by atoms with Crippen molar-refractivity contribution in [2.24, 2.45) is 0 Å². The summed E-state index contributed by atoms with van der Waals surface area (Å²) in [5, 5.41) is -0.395. The minimum atomic E-state index is -3.19. The van der Waals surface area contributed by atoms with Crippen molar-refractivity contribution in [1.82, 2.24) is 9.97 Å². The Morgan fingerprint density at radius 1 is 1.38 bits per heavy atom. The monoisotopic (exact) mass is 262 g/mol. The van der Waals surface area contributed by atoms with Gasteiger partial charge in [-0.25, -0.2) is 18.4 Å². The van der Waals surface area contributed by atoms with Crippen molar-refractivity contribution in [3.63, 3.8) is 0 Å². The van der Waals surface area contributed by atoms with Gasteiger partial charge in [-0.1, -0.05) is 18.5 Å². The second-order valence-corrected chi connectivity index (χ2v) is 6.49. The van der Waals surface area contributed by atoms with Crippen LogP contribution in [0.25, 0.3) is 0 Å². The van der Waals surface area contributed by atoms with Gasteiger partial charge in [-0.3, -0.25) is 0 Å². The highest BCUT2D eigenvalue weighted by atomic mass is 35.5. The Morgan fingerprint density at radius 2 is 1.94 bits per heavy atom. The third-order valence-electron chi connectivity index (χ3n) is 2.55. The first-order chi connectivity index (χ1) is 7.27. The Bertz CT molecular complexity index is 500. The maximum atomic E-state index is 11.4. The van der Waals surface area contributed by atoms with Crippen molar-refractivity contribution in [2.75, 3.05) is 6.26 Å². The SMILES string of the molecule is CCc1nc(C(C)S(C)(=O)=O)nc(Cl)c1C. The molecule has 1 aromatic rings. The molecule has 0 saturated carbocycles. The maximum Gasteiger partial charge on any atom is 0.157 e. The fourth-order valence-electron chi connectivity index (χ4n) is 1.27. The molecule has 0 N–H and O–H groups in total. The van der Waals surface area contributed by atoms with Gasteiger partial charge in [0.1, 0.15) is 16.2 Å². The van der Waals surface area contributed by atoms with Crippen LogP contribution >= 0.6 is 11.6 Å². The third-order valence-corrected chi connectivity index (χ3v) is 4.41. The van der Waals surface area contributed by atoms with Crippen molar-refractivity contribution in [3.05, 3.63) is 22.2 Å². The van der Waals surface area contributed by atoms with E-state index in [1.165, 1.54) is 6.26 Å². The molecule has 0 saturated heterocycles. The summed E-state index contributed by atoms with van der Waals surface area (Å²) in [6.07, 6.45) is 1.87. The van der Waals surface area contributed by atoms with Gasteiger partial charge in [0, 0.05) is 17.5 Å². The molecule has 1 unspecified atom stereocenters. The molecule has 0 aliphatic heterocycles. The van der Waals surface area contributed by atoms with E-state index in [1.807, 2.05) is 13.8 Å². The Hall–Kier alpha value is -0.680. The van der Waals surface area contributed by atoms with Gasteiger partial charge in [0.2, 0.25) is 0 Å². The van der Waals surface area contributed by atoms with Gasteiger partial charge >= 0.3 is 0 Å². The summed E-state index contributed by atoms with van der Waals surface area (Å²) in [5.74, 6) is 0.273. The van der Waals surface area contributed by atoms with Crippen LogP contribution < -0.4 is 0 Å². The molecule has 6 heteroatoms. The highest BCUT2D eigenvalue weighted by molar-refractivity contribution is 7.90. The highest BCUT2D eigenvalue weighted by Crippen LogP contribution is 2.22. The molecule has 90 valence electrons. The minimum Gasteiger partial charge on any atom is -0.236 e. The van der Waals surface area contributed by atoms with E-state index in [9.17, 15) is 8.42 Å². The van der Waals surface area contributed by atoms with E-state index in [4.69, 9.17) is 11.6 Å². The molecule has 1 aromatic heterocycles. The Kier molecular flexibility index (Phi) is 3.91. The van der Waals surface area contributed by atoms with Crippen LogP contribution in [-0.2, 0) is 16.3 Å². The lowest BCUT2D eigenvalue weighted by Gasteiger charge is -2.11. The summed E-state index contributed by atoms with van der Waals surface area (Å²) in [7, 11) is -3.19. The van der Waals surface area contributed by atoms with Crippen LogP contribution in [0.1, 0.15) is 36.2 Å². The molecule has 1 rings (SSSR count). The topological polar surface area (TPSA) is 59.9 Å². The number of rotatable bonds is 3. The number of aromatic nitrogens is 2. The van der Waals surface area contributed by atoms with E-state index < -0.39 is 15.1 Å². The first-order valence-electron chi connectivity index (χ1n) is 4.99. The molecule has 0 radical (unpaired) electrons. The number of aryl methyl sites for hydroxylation is 1. The minimum absolute atomic E-state index is 0.273. The Morgan fingerprint density at radius 3 is 2.38 bits per heavy atom. The fraction of sp³-hybridized carbons (Fsp3) is 0.600. The lowest BCUT2D eigenvalue weighted by Crippen LogP contribution is -2.13. The molecule has 4 nitrogen and oxygen atoms in total. The first-order valence-corrected chi connectivity index (χ1v) is 7.32. The van der Waals surface area contributed by atoms with Gasteiger partial charge in [0.05, 0.1) is 0 Å². The van der Waals surface area contributed by atoms with Gasteiger partial charge in [-0.2, -0.15) is 0 Å². The van der Waals surface area contributed by atoms with Crippen LogP contribution in [0.15, 0.2) is 0 Å². The molecule has 0 amide bonds. The zero-order valence-electron chi connectivity index (χ0n) is 9.78. The molecule has 0 aliphatic carbocycles. The molecule has 1 heterocycles. The predicted molar refractivity (Wildman–Crippen MR) is 64.4 cm³/mol. The Balaban J connectivity index is 3.32. The molecule has 16 heavy (non-hydrogen) atoms. The highest BCUT2D eigenvalue weighted by Gasteiger charge is 2.22. The molecular weight excluding hydrogens is 248 g/mol. The normalized spacial score (nSPS) is 13.8. The van der Waals surface area contributed by atoms with Crippen LogP contribution in [0.5, 0.6) is 0 Å². The average molecular weight is 263 g/mol. The van der Waals surface area contributed by atoms with Crippen molar-refractivity contribution in [3.8, 4) is 0 Å². The molecule has 0 spiro atoms. The molecule has 0 aliphatic rings. The first kappa shape index (κ1) is 13.4. The number of nitrogens with zero attached hydrogens (tertiary/aromatic N) is 2. The zero-order chi connectivity index (χ0) is 12.5. The molecule has 0 bridgehead atoms. The van der Waals surface area contributed by atoms with Gasteiger partial charge in [-0.15, -0.1) is 0 Å². The van der Waals surface area contributed by atoms with Crippen LogP contribution in [0, 0.1) is 6.92 Å². The smallest absolute Gasteiger partial charge is 0.157 e. The fourth-order valence-corrected chi connectivity index (χ4v) is 1.95. The lowest BCUT2D eigenvalue weighted by molar-refractivity contribution is 0.588. The lowest BCUT2D eigenvalue weighted by atomic mass is 10.2. The number of halogens is 1. The molecule has 0 aromatic carbocycles. The molecule has 0 fully saturated rings. The summed E-state index contributed by atoms with van der Waals surface area (Å²) in [5.41, 5.74) is 1.61. The van der Waals surface area contributed by atoms with Crippen LogP contribution in [-0.4, -0.2) is 24.6 Å². The van der Waals surface area contributed by atoms with E-state index in [0.717, 1.165) is 11.3 Å². The predicted octanol–water partition coefficient (Wildman–Crippen LogP) is 2.11. The van der Waals surface area contributed by atoms with Crippen molar-refractivity contribution >= 4 is 21.4 Å². The second-order valence-electron chi connectivity index (χ2n) is 3.77. The number of hydrogen-bond acceptors (Lipinski definition) is 4. The van der Waals surface area contributed by atoms with Gasteiger partial charge in [-0.05, 0) is 20.3 Å². The van der Waals surface area contributed by atoms with E-state index in [0.29, 0.717) is 11.6 Å². The van der Waals surface area contributed by atoms with E-state index in [2.05, 4.69) is 9.97 Å². The third kappa shape index (κ3) is 2.71. The van der Waals surface area contributed by atoms with Crippen LogP contribution in [0.3, 0.4) is 0 Å². The van der Waals surface area contributed by atoms with Crippen molar-refractivity contribution in [2.45, 2.75) is 32.4 Å². The summed E-state index contributed by atoms with van der Waals surface area (Å²) < 4.78 is 22.8. The van der Waals surface area contributed by atoms with Gasteiger partial charge in [0.25, 0.3) is 0 Å². The standard InChI is InChI=1S/C10H15ClN2O2S/c1-5-8-6(2)9(11)13-10(12-8)7(3)16(4,14)15/h7H,5H2,1-4H3. The number of hydrogen-bond donors (Lipinski definition) is 0. The Labute approximate surface area is 101 Å². The summed E-state index contributed by atoms with van der Waals surface area (Å²) in [6.45, 7) is 5.34. The zero-order valence-corrected chi connectivity index (χ0v) is 11.4. The van der Waals surface area contributed by atoms with E-state index in [-0.39, 0.29) is 5.82 Å². The van der Waals surface area contributed by atoms with Crippen molar-refractivity contribution in [1.29, 1.82) is 0 Å².